The van der Waals surface area contributed by atoms with E-state index in [-0.39, 0.29) is 6.47 Å². The highest BCUT2D eigenvalue weighted by atomic mass is 79.9. The van der Waals surface area contributed by atoms with Crippen LogP contribution >= 0.6 is 27.7 Å². The number of amidine groups is 1. The summed E-state index contributed by atoms with van der Waals surface area (Å²) in [5.41, 5.74) is 3.30. The minimum atomic E-state index is -0.250. The number of alkyl halides is 1. The second-order valence-electron chi connectivity index (χ2n) is 5.60. The van der Waals surface area contributed by atoms with Crippen molar-refractivity contribution in [1.29, 1.82) is 0 Å². The third-order valence-electron chi connectivity index (χ3n) is 4.02. The minimum absolute atomic E-state index is 0.250. The van der Waals surface area contributed by atoms with Gasteiger partial charge in [-0.15, -0.1) is 5.10 Å². The van der Waals surface area contributed by atoms with Crippen LogP contribution in [0.4, 0.5) is 5.69 Å². The molecule has 0 spiro atoms. The number of benzene rings is 2. The lowest BCUT2D eigenvalue weighted by Crippen LogP contribution is -2.27. The Labute approximate surface area is 166 Å². The third kappa shape index (κ3) is 4.86. The molecule has 2 aromatic carbocycles. The van der Waals surface area contributed by atoms with E-state index < -0.39 is 0 Å². The Morgan fingerprint density at radius 3 is 2.54 bits per heavy atom. The van der Waals surface area contributed by atoms with E-state index in [0.717, 1.165) is 22.5 Å². The molecule has 138 valence electrons. The highest BCUT2D eigenvalue weighted by molar-refractivity contribution is 9.09. The molecule has 1 N–H and O–H groups in total. The molecule has 0 unspecified atom stereocenters. The summed E-state index contributed by atoms with van der Waals surface area (Å²) in [6, 6.07) is 13.1. The number of hydrogen-bond donors (Lipinski definition) is 1. The van der Waals surface area contributed by atoms with Crippen molar-refractivity contribution in [3.63, 3.8) is 0 Å². The minimum Gasteiger partial charge on any atom is -0.483 e. The van der Waals surface area contributed by atoms with E-state index in [9.17, 15) is 0 Å². The molecular formula is C19H22BrN3O2S. The Hall–Kier alpha value is -1.86. The molecule has 26 heavy (non-hydrogen) atoms. The fraction of sp³-hybridized carbons (Fsp3) is 0.316. The smallest absolute Gasteiger partial charge is 0.290 e. The summed E-state index contributed by atoms with van der Waals surface area (Å²) in [4.78, 5) is 10.5. The standard InChI is InChI=1S/C18H20BrN3S.CH2O2/c1-3-23-18(21-20-2)22(12-19)17-11-10-14(13-8-9-13)15-6-4-5-7-16(15)17;2-1-3/h4-7,10-11,13H,2-3,8-9,12H2,1H3;1H,(H,2,3)/b21-18+;. The van der Waals surface area contributed by atoms with E-state index >= 15 is 0 Å². The molecule has 1 aliphatic carbocycles. The first-order chi connectivity index (χ1) is 12.7. The van der Waals surface area contributed by atoms with E-state index in [1.54, 1.807) is 11.8 Å². The summed E-state index contributed by atoms with van der Waals surface area (Å²) >= 11 is 5.28. The molecule has 0 amide bonds. The van der Waals surface area contributed by atoms with Gasteiger partial charge in [0.1, 0.15) is 0 Å². The second kappa shape index (κ2) is 10.3. The van der Waals surface area contributed by atoms with Crippen LogP contribution in [0.15, 0.2) is 46.6 Å². The van der Waals surface area contributed by atoms with Gasteiger partial charge < -0.3 is 10.0 Å². The van der Waals surface area contributed by atoms with Crippen LogP contribution in [0.25, 0.3) is 10.8 Å². The predicted octanol–water partition coefficient (Wildman–Crippen LogP) is 5.30. The average molecular weight is 436 g/mol. The fourth-order valence-corrected chi connectivity index (χ4v) is 4.23. The number of halogens is 1. The summed E-state index contributed by atoms with van der Waals surface area (Å²) in [5, 5.41) is 18.3. The van der Waals surface area contributed by atoms with E-state index in [1.807, 2.05) is 0 Å². The number of rotatable bonds is 5. The van der Waals surface area contributed by atoms with Gasteiger partial charge in [0.05, 0.1) is 11.1 Å². The molecule has 7 heteroatoms. The molecule has 1 aliphatic rings. The van der Waals surface area contributed by atoms with Gasteiger partial charge in [0.15, 0.2) is 5.17 Å². The number of fused-ring (bicyclic) bond motifs is 1. The third-order valence-corrected chi connectivity index (χ3v) is 5.37. The lowest BCUT2D eigenvalue weighted by molar-refractivity contribution is -0.122. The molecule has 0 bridgehead atoms. The van der Waals surface area contributed by atoms with E-state index in [4.69, 9.17) is 9.90 Å². The van der Waals surface area contributed by atoms with Gasteiger partial charge in [-0.2, -0.15) is 5.10 Å². The van der Waals surface area contributed by atoms with Crippen molar-refractivity contribution in [1.82, 2.24) is 0 Å². The molecule has 0 atom stereocenters. The quantitative estimate of drug-likeness (QED) is 0.173. The molecule has 3 rings (SSSR count). The van der Waals surface area contributed by atoms with Crippen LogP contribution in [0.1, 0.15) is 31.2 Å². The normalized spacial score (nSPS) is 13.7. The Kier molecular flexibility index (Phi) is 8.12. The van der Waals surface area contributed by atoms with Gasteiger partial charge in [0, 0.05) is 12.1 Å². The van der Waals surface area contributed by atoms with Crippen molar-refractivity contribution < 1.29 is 9.90 Å². The van der Waals surface area contributed by atoms with Crippen molar-refractivity contribution in [2.24, 2.45) is 10.2 Å². The summed E-state index contributed by atoms with van der Waals surface area (Å²) < 4.78 is 0. The van der Waals surface area contributed by atoms with Crippen molar-refractivity contribution in [2.75, 3.05) is 16.1 Å². The summed E-state index contributed by atoms with van der Waals surface area (Å²) in [6.45, 7) is 5.37. The summed E-state index contributed by atoms with van der Waals surface area (Å²) in [5.74, 6) is 1.68. The fourth-order valence-electron chi connectivity index (χ4n) is 2.86. The van der Waals surface area contributed by atoms with E-state index in [1.165, 1.54) is 29.2 Å². The second-order valence-corrected chi connectivity index (χ2v) is 7.34. The largest absolute Gasteiger partial charge is 0.483 e. The topological polar surface area (TPSA) is 65.3 Å². The predicted molar refractivity (Wildman–Crippen MR) is 116 cm³/mol. The number of anilines is 1. The monoisotopic (exact) mass is 435 g/mol. The van der Waals surface area contributed by atoms with Gasteiger partial charge in [-0.25, -0.2) is 0 Å². The maximum Gasteiger partial charge on any atom is 0.290 e. The highest BCUT2D eigenvalue weighted by Crippen LogP contribution is 2.45. The lowest BCUT2D eigenvalue weighted by Gasteiger charge is -2.24. The van der Waals surface area contributed by atoms with E-state index in [2.05, 4.69) is 81.1 Å². The first-order valence-corrected chi connectivity index (χ1v) is 10.4. The van der Waals surface area contributed by atoms with Crippen LogP contribution in [0.5, 0.6) is 0 Å². The van der Waals surface area contributed by atoms with Crippen LogP contribution in [0.3, 0.4) is 0 Å². The van der Waals surface area contributed by atoms with Crippen molar-refractivity contribution >= 4 is 62.5 Å². The first kappa shape index (κ1) is 20.5. The van der Waals surface area contributed by atoms with Gasteiger partial charge in [-0.05, 0) is 41.5 Å². The number of hydrogen-bond acceptors (Lipinski definition) is 4. The maximum atomic E-state index is 8.36. The molecule has 0 aromatic heterocycles. The molecule has 1 saturated carbocycles. The van der Waals surface area contributed by atoms with Crippen LogP contribution in [-0.4, -0.2) is 34.7 Å². The number of carboxylic acid groups (broad SMARTS) is 1. The average Bonchev–Trinajstić information content (AvgIpc) is 3.48. The zero-order valence-corrected chi connectivity index (χ0v) is 17.0. The van der Waals surface area contributed by atoms with Crippen LogP contribution in [0, 0.1) is 0 Å². The van der Waals surface area contributed by atoms with Crippen molar-refractivity contribution in [2.45, 2.75) is 25.7 Å². The lowest BCUT2D eigenvalue weighted by atomic mass is 9.99. The summed E-state index contributed by atoms with van der Waals surface area (Å²) in [6.07, 6.45) is 2.62. The molecule has 2 aromatic rings. The van der Waals surface area contributed by atoms with Gasteiger partial charge in [-0.1, -0.05) is 64.9 Å². The zero-order valence-electron chi connectivity index (χ0n) is 14.6. The Morgan fingerprint density at radius 2 is 2.00 bits per heavy atom. The van der Waals surface area contributed by atoms with Gasteiger partial charge >= 0.3 is 0 Å². The molecule has 5 nitrogen and oxygen atoms in total. The zero-order chi connectivity index (χ0) is 18.9. The van der Waals surface area contributed by atoms with Crippen molar-refractivity contribution in [3.05, 3.63) is 42.0 Å². The first-order valence-electron chi connectivity index (χ1n) is 8.31. The van der Waals surface area contributed by atoms with Crippen LogP contribution < -0.4 is 4.90 Å². The van der Waals surface area contributed by atoms with Gasteiger partial charge in [-0.3, -0.25) is 4.79 Å². The van der Waals surface area contributed by atoms with E-state index in [0.29, 0.717) is 5.45 Å². The SMILES string of the molecule is C=N/N=C(/SCC)N(CBr)c1ccc(C2CC2)c2ccccc12.O=CO. The van der Waals surface area contributed by atoms with Crippen molar-refractivity contribution in [3.8, 4) is 0 Å². The highest BCUT2D eigenvalue weighted by Gasteiger charge is 2.26. The Balaban J connectivity index is 0.000000758. The summed E-state index contributed by atoms with van der Waals surface area (Å²) in [7, 11) is 0. The number of nitrogens with zero attached hydrogens (tertiary/aromatic N) is 3. The van der Waals surface area contributed by atoms with Crippen LogP contribution in [0.2, 0.25) is 0 Å². The Bertz CT molecular complexity index is 793. The molecular weight excluding hydrogens is 414 g/mol. The van der Waals surface area contributed by atoms with Gasteiger partial charge in [0.25, 0.3) is 6.47 Å². The number of carbonyl (C=O) groups is 1. The molecule has 1 fully saturated rings. The van der Waals surface area contributed by atoms with Gasteiger partial charge in [0.2, 0.25) is 0 Å². The maximum absolute atomic E-state index is 8.36. The number of thioether (sulfide) groups is 1. The van der Waals surface area contributed by atoms with Crippen LogP contribution in [-0.2, 0) is 4.79 Å². The molecule has 0 radical (unpaired) electrons. The molecule has 0 heterocycles. The molecule has 0 saturated heterocycles. The Morgan fingerprint density at radius 1 is 1.35 bits per heavy atom. The molecule has 0 aliphatic heterocycles.